The van der Waals surface area contributed by atoms with Crippen molar-refractivity contribution in [2.24, 2.45) is 5.92 Å². The number of hydrogen-bond acceptors (Lipinski definition) is 4. The molecular weight excluding hydrogens is 244 g/mol. The van der Waals surface area contributed by atoms with Gasteiger partial charge < -0.3 is 9.47 Å². The molecule has 0 amide bonds. The number of rotatable bonds is 4. The minimum Gasteiger partial charge on any atom is -0.493 e. The molecule has 0 unspecified atom stereocenters. The normalized spacial score (nSPS) is 20.2. The molecule has 1 aliphatic carbocycles. The average molecular weight is 260 g/mol. The van der Waals surface area contributed by atoms with E-state index in [9.17, 15) is 9.59 Å². The van der Waals surface area contributed by atoms with E-state index >= 15 is 0 Å². The van der Waals surface area contributed by atoms with Gasteiger partial charge in [-0.1, -0.05) is 12.1 Å². The Balaban J connectivity index is 1.63. The highest BCUT2D eigenvalue weighted by Gasteiger charge is 2.28. The lowest BCUT2D eigenvalue weighted by atomic mass is 9.91. The molecule has 0 N–H and O–H groups in total. The van der Waals surface area contributed by atoms with Gasteiger partial charge in [0, 0.05) is 5.92 Å². The van der Waals surface area contributed by atoms with E-state index in [0.717, 1.165) is 23.8 Å². The Labute approximate surface area is 111 Å². The minimum atomic E-state index is -0.435. The molecule has 2 fully saturated rings. The Morgan fingerprint density at radius 1 is 1.05 bits per heavy atom. The number of cyclic esters (lactones) is 2. The fraction of sp³-hybridized carbons (Fsp3) is 0.467. The van der Waals surface area contributed by atoms with Crippen molar-refractivity contribution in [1.82, 2.24) is 0 Å². The zero-order chi connectivity index (χ0) is 13.2. The molecule has 2 aliphatic rings. The van der Waals surface area contributed by atoms with E-state index in [2.05, 4.69) is 4.74 Å². The summed E-state index contributed by atoms with van der Waals surface area (Å²) in [6.07, 6.45) is 3.08. The Kier molecular flexibility index (Phi) is 3.23. The molecule has 4 nitrogen and oxygen atoms in total. The molecule has 0 spiro atoms. The summed E-state index contributed by atoms with van der Waals surface area (Å²) in [6, 6.07) is 7.67. The first-order valence-electron chi connectivity index (χ1n) is 6.67. The smallest absolute Gasteiger partial charge is 0.314 e. The van der Waals surface area contributed by atoms with Crippen LogP contribution in [0, 0.1) is 5.92 Å². The summed E-state index contributed by atoms with van der Waals surface area (Å²) >= 11 is 0. The lowest BCUT2D eigenvalue weighted by molar-refractivity contribution is -0.163. The Hall–Kier alpha value is -1.84. The predicted molar refractivity (Wildman–Crippen MR) is 67.7 cm³/mol. The van der Waals surface area contributed by atoms with Crippen molar-refractivity contribution in [1.29, 1.82) is 0 Å². The van der Waals surface area contributed by atoms with Crippen molar-refractivity contribution in [2.45, 2.75) is 31.6 Å². The summed E-state index contributed by atoms with van der Waals surface area (Å²) in [5, 5.41) is 0. The van der Waals surface area contributed by atoms with Gasteiger partial charge in [-0.3, -0.25) is 9.59 Å². The standard InChI is InChI=1S/C15H16O4/c16-14-7-12(8-15(17)19-14)11-3-5-13(6-4-11)18-9-10-1-2-10/h3-6,10,12H,1-2,7-9H2. The summed E-state index contributed by atoms with van der Waals surface area (Å²) in [6.45, 7) is 0.785. The molecule has 1 aliphatic heterocycles. The van der Waals surface area contributed by atoms with Gasteiger partial charge in [0.25, 0.3) is 0 Å². The molecule has 100 valence electrons. The maximum atomic E-state index is 11.2. The molecule has 0 bridgehead atoms. The summed E-state index contributed by atoms with van der Waals surface area (Å²) in [5.41, 5.74) is 0.990. The van der Waals surface area contributed by atoms with Gasteiger partial charge in [0.1, 0.15) is 5.75 Å². The fourth-order valence-corrected chi connectivity index (χ4v) is 2.26. The second kappa shape index (κ2) is 5.03. The van der Waals surface area contributed by atoms with Gasteiger partial charge in [0.15, 0.2) is 0 Å². The maximum Gasteiger partial charge on any atom is 0.314 e. The molecule has 3 rings (SSSR count). The molecule has 0 atom stereocenters. The minimum absolute atomic E-state index is 0.0637. The first kappa shape index (κ1) is 12.2. The zero-order valence-electron chi connectivity index (χ0n) is 10.6. The molecule has 0 radical (unpaired) electrons. The van der Waals surface area contributed by atoms with Crippen LogP contribution in [-0.4, -0.2) is 18.5 Å². The highest BCUT2D eigenvalue weighted by atomic mass is 16.6. The van der Waals surface area contributed by atoms with Gasteiger partial charge in [-0.25, -0.2) is 0 Å². The summed E-state index contributed by atoms with van der Waals surface area (Å²) in [7, 11) is 0. The summed E-state index contributed by atoms with van der Waals surface area (Å²) < 4.78 is 10.2. The third-order valence-corrected chi connectivity index (χ3v) is 3.59. The second-order valence-corrected chi connectivity index (χ2v) is 5.27. The third-order valence-electron chi connectivity index (χ3n) is 3.59. The molecule has 1 aromatic rings. The second-order valence-electron chi connectivity index (χ2n) is 5.27. The van der Waals surface area contributed by atoms with Crippen molar-refractivity contribution in [3.05, 3.63) is 29.8 Å². The van der Waals surface area contributed by atoms with Gasteiger partial charge in [0.05, 0.1) is 19.4 Å². The van der Waals surface area contributed by atoms with E-state index in [1.807, 2.05) is 24.3 Å². The Morgan fingerprint density at radius 3 is 2.26 bits per heavy atom. The molecule has 1 aromatic carbocycles. The zero-order valence-corrected chi connectivity index (χ0v) is 10.6. The molecule has 1 saturated heterocycles. The van der Waals surface area contributed by atoms with Crippen LogP contribution in [0.25, 0.3) is 0 Å². The van der Waals surface area contributed by atoms with Crippen molar-refractivity contribution in [3.8, 4) is 5.75 Å². The summed E-state index contributed by atoms with van der Waals surface area (Å²) in [4.78, 5) is 22.5. The lowest BCUT2D eigenvalue weighted by Gasteiger charge is -2.20. The van der Waals surface area contributed by atoms with Gasteiger partial charge in [-0.05, 0) is 36.5 Å². The van der Waals surface area contributed by atoms with Crippen LogP contribution in [0.15, 0.2) is 24.3 Å². The number of carbonyl (C=O) groups excluding carboxylic acids is 2. The quantitative estimate of drug-likeness (QED) is 0.616. The van der Waals surface area contributed by atoms with E-state index in [-0.39, 0.29) is 18.8 Å². The van der Waals surface area contributed by atoms with Gasteiger partial charge in [-0.2, -0.15) is 0 Å². The van der Waals surface area contributed by atoms with Crippen LogP contribution in [0.1, 0.15) is 37.2 Å². The predicted octanol–water partition coefficient (Wildman–Crippen LogP) is 2.42. The van der Waals surface area contributed by atoms with Crippen LogP contribution >= 0.6 is 0 Å². The summed E-state index contributed by atoms with van der Waals surface area (Å²) in [5.74, 6) is 0.641. The fourth-order valence-electron chi connectivity index (χ4n) is 2.26. The number of carbonyl (C=O) groups is 2. The van der Waals surface area contributed by atoms with E-state index in [1.165, 1.54) is 12.8 Å². The number of hydrogen-bond donors (Lipinski definition) is 0. The first-order chi connectivity index (χ1) is 9.20. The first-order valence-corrected chi connectivity index (χ1v) is 6.67. The van der Waals surface area contributed by atoms with Crippen LogP contribution in [0.3, 0.4) is 0 Å². The molecular formula is C15H16O4. The monoisotopic (exact) mass is 260 g/mol. The number of benzene rings is 1. The van der Waals surface area contributed by atoms with Crippen LogP contribution in [0.4, 0.5) is 0 Å². The van der Waals surface area contributed by atoms with Gasteiger partial charge in [-0.15, -0.1) is 0 Å². The Morgan fingerprint density at radius 2 is 1.68 bits per heavy atom. The number of esters is 2. The van der Waals surface area contributed by atoms with Crippen molar-refractivity contribution < 1.29 is 19.1 Å². The van der Waals surface area contributed by atoms with E-state index < -0.39 is 11.9 Å². The lowest BCUT2D eigenvalue weighted by Crippen LogP contribution is -2.24. The topological polar surface area (TPSA) is 52.6 Å². The third kappa shape index (κ3) is 3.13. The van der Waals surface area contributed by atoms with E-state index in [0.29, 0.717) is 0 Å². The van der Waals surface area contributed by atoms with Crippen molar-refractivity contribution in [3.63, 3.8) is 0 Å². The maximum absolute atomic E-state index is 11.2. The highest BCUT2D eigenvalue weighted by Crippen LogP contribution is 2.31. The van der Waals surface area contributed by atoms with Gasteiger partial charge >= 0.3 is 11.9 Å². The van der Waals surface area contributed by atoms with E-state index in [4.69, 9.17) is 4.74 Å². The van der Waals surface area contributed by atoms with Crippen molar-refractivity contribution >= 4 is 11.9 Å². The van der Waals surface area contributed by atoms with E-state index in [1.54, 1.807) is 0 Å². The molecule has 1 saturated carbocycles. The van der Waals surface area contributed by atoms with Gasteiger partial charge in [0.2, 0.25) is 0 Å². The Bertz CT molecular complexity index is 471. The number of ether oxygens (including phenoxy) is 2. The largest absolute Gasteiger partial charge is 0.493 e. The molecule has 0 aromatic heterocycles. The average Bonchev–Trinajstić information content (AvgIpc) is 3.20. The molecule has 4 heteroatoms. The molecule has 19 heavy (non-hydrogen) atoms. The van der Waals surface area contributed by atoms with Crippen LogP contribution < -0.4 is 4.74 Å². The van der Waals surface area contributed by atoms with Crippen LogP contribution in [0.5, 0.6) is 5.75 Å². The molecule has 1 heterocycles. The highest BCUT2D eigenvalue weighted by molar-refractivity contribution is 5.89. The van der Waals surface area contributed by atoms with Crippen molar-refractivity contribution in [2.75, 3.05) is 6.61 Å². The van der Waals surface area contributed by atoms with Crippen LogP contribution in [-0.2, 0) is 14.3 Å². The van der Waals surface area contributed by atoms with Crippen LogP contribution in [0.2, 0.25) is 0 Å². The SMILES string of the molecule is O=C1CC(c2ccc(OCC3CC3)cc2)CC(=O)O1.